The van der Waals surface area contributed by atoms with E-state index in [1.807, 2.05) is 24.3 Å². The molecular weight excluding hydrogens is 324 g/mol. The van der Waals surface area contributed by atoms with Gasteiger partial charge in [0.1, 0.15) is 0 Å². The summed E-state index contributed by atoms with van der Waals surface area (Å²) in [6.45, 7) is 2.24. The number of fused-ring (bicyclic) bond motifs is 2. The third kappa shape index (κ3) is 3.66. The molecule has 2 unspecified atom stereocenters. The SMILES string of the molecule is N#Cc1cccc(CC2(O)CC3COCC(C2)N3Cc2ccccc2)c1. The highest BCUT2D eigenvalue weighted by Gasteiger charge is 2.45. The van der Waals surface area contributed by atoms with Crippen LogP contribution in [0.15, 0.2) is 54.6 Å². The van der Waals surface area contributed by atoms with Crippen molar-refractivity contribution < 1.29 is 9.84 Å². The molecular formula is C22H24N2O2. The molecule has 4 nitrogen and oxygen atoms in total. The van der Waals surface area contributed by atoms with Crippen LogP contribution in [0.3, 0.4) is 0 Å². The van der Waals surface area contributed by atoms with Gasteiger partial charge in [0, 0.05) is 25.0 Å². The van der Waals surface area contributed by atoms with Crippen LogP contribution in [-0.2, 0) is 17.7 Å². The molecule has 2 fully saturated rings. The van der Waals surface area contributed by atoms with Gasteiger partial charge in [0.05, 0.1) is 30.4 Å². The fourth-order valence-electron chi connectivity index (χ4n) is 4.47. The maximum absolute atomic E-state index is 11.3. The summed E-state index contributed by atoms with van der Waals surface area (Å²) in [5, 5.41) is 20.4. The van der Waals surface area contributed by atoms with Gasteiger partial charge in [-0.1, -0.05) is 42.5 Å². The number of hydrogen-bond donors (Lipinski definition) is 1. The predicted molar refractivity (Wildman–Crippen MR) is 99.4 cm³/mol. The smallest absolute Gasteiger partial charge is 0.0991 e. The number of piperidine rings is 1. The number of nitrogens with zero attached hydrogens (tertiary/aromatic N) is 2. The van der Waals surface area contributed by atoms with E-state index in [4.69, 9.17) is 10.00 Å². The Labute approximate surface area is 154 Å². The van der Waals surface area contributed by atoms with E-state index < -0.39 is 5.60 Å². The predicted octanol–water partition coefficient (Wildman–Crippen LogP) is 2.90. The second-order valence-corrected chi connectivity index (χ2v) is 7.62. The number of ether oxygens (including phenoxy) is 1. The molecule has 2 aliphatic rings. The Kier molecular flexibility index (Phi) is 4.78. The Bertz CT molecular complexity index is 785. The van der Waals surface area contributed by atoms with Gasteiger partial charge in [-0.2, -0.15) is 5.26 Å². The lowest BCUT2D eigenvalue weighted by Crippen LogP contribution is -2.61. The van der Waals surface area contributed by atoms with Crippen LogP contribution in [0.2, 0.25) is 0 Å². The molecule has 0 amide bonds. The van der Waals surface area contributed by atoms with Gasteiger partial charge in [-0.25, -0.2) is 0 Å². The molecule has 1 N–H and O–H groups in total. The largest absolute Gasteiger partial charge is 0.389 e. The summed E-state index contributed by atoms with van der Waals surface area (Å²) in [5.74, 6) is 0. The highest BCUT2D eigenvalue weighted by atomic mass is 16.5. The number of benzene rings is 2. The average molecular weight is 348 g/mol. The van der Waals surface area contributed by atoms with Crippen LogP contribution in [0.5, 0.6) is 0 Å². The fraction of sp³-hybridized carbons (Fsp3) is 0.409. The molecule has 26 heavy (non-hydrogen) atoms. The van der Waals surface area contributed by atoms with Crippen LogP contribution in [0.25, 0.3) is 0 Å². The fourth-order valence-corrected chi connectivity index (χ4v) is 4.47. The number of hydrogen-bond acceptors (Lipinski definition) is 4. The Morgan fingerprint density at radius 2 is 1.73 bits per heavy atom. The number of nitriles is 1. The lowest BCUT2D eigenvalue weighted by Gasteiger charge is -2.52. The maximum Gasteiger partial charge on any atom is 0.0991 e. The van der Waals surface area contributed by atoms with Gasteiger partial charge in [0.2, 0.25) is 0 Å². The third-order valence-electron chi connectivity index (χ3n) is 5.59. The molecule has 2 heterocycles. The maximum atomic E-state index is 11.3. The highest BCUT2D eigenvalue weighted by molar-refractivity contribution is 5.33. The monoisotopic (exact) mass is 348 g/mol. The van der Waals surface area contributed by atoms with E-state index in [0.29, 0.717) is 38.0 Å². The first-order valence-corrected chi connectivity index (χ1v) is 9.24. The molecule has 4 heteroatoms. The Morgan fingerprint density at radius 3 is 2.42 bits per heavy atom. The summed E-state index contributed by atoms with van der Waals surface area (Å²) in [5.41, 5.74) is 2.25. The zero-order valence-corrected chi connectivity index (χ0v) is 14.8. The molecule has 0 aliphatic carbocycles. The van der Waals surface area contributed by atoms with Crippen molar-refractivity contribution in [1.29, 1.82) is 5.26 Å². The second-order valence-electron chi connectivity index (χ2n) is 7.62. The minimum absolute atomic E-state index is 0.229. The van der Waals surface area contributed by atoms with Gasteiger partial charge < -0.3 is 9.84 Å². The molecule has 0 spiro atoms. The quantitative estimate of drug-likeness (QED) is 0.923. The molecule has 0 radical (unpaired) electrons. The topological polar surface area (TPSA) is 56.5 Å². The van der Waals surface area contributed by atoms with Gasteiger partial charge in [-0.15, -0.1) is 0 Å². The summed E-state index contributed by atoms with van der Waals surface area (Å²) in [4.78, 5) is 2.50. The highest BCUT2D eigenvalue weighted by Crippen LogP contribution is 2.37. The average Bonchev–Trinajstić information content (AvgIpc) is 2.64. The van der Waals surface area contributed by atoms with Crippen molar-refractivity contribution in [2.45, 2.75) is 43.5 Å². The van der Waals surface area contributed by atoms with Crippen LogP contribution < -0.4 is 0 Å². The lowest BCUT2D eigenvalue weighted by molar-refractivity contribution is -0.145. The zero-order chi connectivity index (χ0) is 18.0. The van der Waals surface area contributed by atoms with Crippen molar-refractivity contribution in [3.63, 3.8) is 0 Å². The number of rotatable bonds is 4. The van der Waals surface area contributed by atoms with Crippen molar-refractivity contribution in [3.8, 4) is 6.07 Å². The normalized spacial score (nSPS) is 28.5. The molecule has 2 atom stereocenters. The van der Waals surface area contributed by atoms with Gasteiger partial charge in [0.15, 0.2) is 0 Å². The molecule has 2 aliphatic heterocycles. The Morgan fingerprint density at radius 1 is 1.04 bits per heavy atom. The molecule has 134 valence electrons. The first kappa shape index (κ1) is 17.2. The van der Waals surface area contributed by atoms with E-state index >= 15 is 0 Å². The molecule has 2 aromatic carbocycles. The van der Waals surface area contributed by atoms with Crippen LogP contribution in [0, 0.1) is 11.3 Å². The molecule has 2 bridgehead atoms. The number of aliphatic hydroxyl groups is 1. The van der Waals surface area contributed by atoms with E-state index in [0.717, 1.165) is 12.1 Å². The van der Waals surface area contributed by atoms with E-state index in [1.165, 1.54) is 5.56 Å². The minimum atomic E-state index is -0.736. The van der Waals surface area contributed by atoms with Gasteiger partial charge in [0.25, 0.3) is 0 Å². The summed E-state index contributed by atoms with van der Waals surface area (Å²) < 4.78 is 5.79. The molecule has 4 rings (SSSR count). The van der Waals surface area contributed by atoms with Crippen LogP contribution >= 0.6 is 0 Å². The van der Waals surface area contributed by atoms with Crippen molar-refractivity contribution in [1.82, 2.24) is 4.90 Å². The molecule has 2 saturated heterocycles. The summed E-state index contributed by atoms with van der Waals surface area (Å²) >= 11 is 0. The summed E-state index contributed by atoms with van der Waals surface area (Å²) in [6.07, 6.45) is 1.99. The first-order chi connectivity index (χ1) is 12.6. The van der Waals surface area contributed by atoms with Crippen molar-refractivity contribution in [3.05, 3.63) is 71.3 Å². The van der Waals surface area contributed by atoms with Crippen molar-refractivity contribution >= 4 is 0 Å². The molecule has 0 saturated carbocycles. The van der Waals surface area contributed by atoms with Crippen LogP contribution in [-0.4, -0.2) is 40.9 Å². The minimum Gasteiger partial charge on any atom is -0.389 e. The van der Waals surface area contributed by atoms with E-state index in [-0.39, 0.29) is 12.1 Å². The Hall–Kier alpha value is -2.19. The van der Waals surface area contributed by atoms with E-state index in [2.05, 4.69) is 35.2 Å². The molecule has 0 aromatic heterocycles. The Balaban J connectivity index is 1.50. The third-order valence-corrected chi connectivity index (χ3v) is 5.59. The standard InChI is InChI=1S/C22H24N2O2/c23-13-19-8-4-7-18(9-19)10-22(25)11-20-15-26-16-21(12-22)24(20)14-17-5-2-1-3-6-17/h1-9,20-21,25H,10-12,14-16H2. The van der Waals surface area contributed by atoms with Crippen LogP contribution in [0.4, 0.5) is 0 Å². The zero-order valence-electron chi connectivity index (χ0n) is 14.8. The van der Waals surface area contributed by atoms with Gasteiger partial charge >= 0.3 is 0 Å². The lowest BCUT2D eigenvalue weighted by atomic mass is 9.77. The molecule has 2 aromatic rings. The summed E-state index contributed by atoms with van der Waals surface area (Å²) in [6, 6.07) is 20.7. The van der Waals surface area contributed by atoms with Crippen LogP contribution in [0.1, 0.15) is 29.5 Å². The van der Waals surface area contributed by atoms with Gasteiger partial charge in [-0.05, 0) is 36.1 Å². The van der Waals surface area contributed by atoms with Gasteiger partial charge in [-0.3, -0.25) is 4.90 Å². The second kappa shape index (κ2) is 7.20. The van der Waals surface area contributed by atoms with E-state index in [1.54, 1.807) is 6.07 Å². The number of morpholine rings is 1. The van der Waals surface area contributed by atoms with E-state index in [9.17, 15) is 5.11 Å². The first-order valence-electron chi connectivity index (χ1n) is 9.24. The van der Waals surface area contributed by atoms with Crippen molar-refractivity contribution in [2.24, 2.45) is 0 Å². The summed E-state index contributed by atoms with van der Waals surface area (Å²) in [7, 11) is 0. The van der Waals surface area contributed by atoms with Crippen molar-refractivity contribution in [2.75, 3.05) is 13.2 Å².